The number of hydrogen-bond acceptors (Lipinski definition) is 3. The van der Waals surface area contributed by atoms with E-state index in [9.17, 15) is 18.0 Å². The molecule has 2 aromatic heterocycles. The molecule has 2 heterocycles. The van der Waals surface area contributed by atoms with Gasteiger partial charge in [0.2, 0.25) is 0 Å². The van der Waals surface area contributed by atoms with Crippen molar-refractivity contribution >= 4 is 17.2 Å². The van der Waals surface area contributed by atoms with Crippen molar-refractivity contribution in [3.8, 4) is 16.9 Å². The molecular weight excluding hydrogens is 369 g/mol. The minimum atomic E-state index is -2.91. The Bertz CT molecular complexity index is 1100. The highest BCUT2D eigenvalue weighted by atomic mass is 19.3. The van der Waals surface area contributed by atoms with Crippen LogP contribution in [0.1, 0.15) is 23.0 Å². The van der Waals surface area contributed by atoms with E-state index in [1.807, 2.05) is 10.8 Å². The molecule has 0 N–H and O–H groups in total. The zero-order valence-corrected chi connectivity index (χ0v) is 14.6. The van der Waals surface area contributed by atoms with Crippen LogP contribution in [0.3, 0.4) is 0 Å². The fourth-order valence-corrected chi connectivity index (χ4v) is 3.36. The number of ether oxygens (including phenoxy) is 1. The highest BCUT2D eigenvalue weighted by molar-refractivity contribution is 5.97. The van der Waals surface area contributed by atoms with Gasteiger partial charge in [-0.2, -0.15) is 8.78 Å². The van der Waals surface area contributed by atoms with Gasteiger partial charge in [0.25, 0.3) is 0 Å². The van der Waals surface area contributed by atoms with Gasteiger partial charge in [0.05, 0.1) is 11.6 Å². The average Bonchev–Trinajstić information content (AvgIpc) is 3.07. The molecule has 1 aromatic carbocycles. The second-order valence-electron chi connectivity index (χ2n) is 6.35. The molecule has 4 nitrogen and oxygen atoms in total. The second kappa shape index (κ2) is 7.34. The molecule has 0 aliphatic heterocycles. The first kappa shape index (κ1) is 18.0. The third kappa shape index (κ3) is 3.43. The summed E-state index contributed by atoms with van der Waals surface area (Å²) < 4.78 is 44.9. The van der Waals surface area contributed by atoms with Crippen LogP contribution in [0.2, 0.25) is 0 Å². The zero-order chi connectivity index (χ0) is 19.7. The van der Waals surface area contributed by atoms with E-state index in [-0.39, 0.29) is 23.3 Å². The van der Waals surface area contributed by atoms with Crippen LogP contribution < -0.4 is 4.74 Å². The molecular formula is C21H15F3N2O2. The summed E-state index contributed by atoms with van der Waals surface area (Å²) in [5.74, 6) is -0.242. The van der Waals surface area contributed by atoms with Crippen molar-refractivity contribution in [1.82, 2.24) is 9.55 Å². The second-order valence-corrected chi connectivity index (χ2v) is 6.35. The van der Waals surface area contributed by atoms with Crippen LogP contribution >= 0.6 is 0 Å². The van der Waals surface area contributed by atoms with Crippen molar-refractivity contribution in [3.63, 3.8) is 0 Å². The van der Waals surface area contributed by atoms with Crippen molar-refractivity contribution < 1.29 is 22.7 Å². The van der Waals surface area contributed by atoms with Gasteiger partial charge in [0, 0.05) is 23.3 Å². The number of hydrogen-bond donors (Lipinski definition) is 0. The average molecular weight is 384 g/mol. The monoisotopic (exact) mass is 384 g/mol. The molecule has 0 spiro atoms. The Labute approximate surface area is 158 Å². The summed E-state index contributed by atoms with van der Waals surface area (Å²) in [6, 6.07) is 7.90. The smallest absolute Gasteiger partial charge is 0.387 e. The molecule has 0 saturated heterocycles. The topological polar surface area (TPSA) is 44.1 Å². The number of rotatable bonds is 5. The predicted octanol–water partition coefficient (Wildman–Crippen LogP) is 5.47. The fourth-order valence-electron chi connectivity index (χ4n) is 3.36. The highest BCUT2D eigenvalue weighted by Gasteiger charge is 2.18. The first-order chi connectivity index (χ1) is 13.5. The number of nitrogens with zero attached hydrogens (tertiary/aromatic N) is 2. The van der Waals surface area contributed by atoms with Crippen LogP contribution in [0.4, 0.5) is 13.2 Å². The summed E-state index contributed by atoms with van der Waals surface area (Å²) in [4.78, 5) is 15.3. The molecule has 4 rings (SSSR count). The number of fused-ring (bicyclic) bond motifs is 1. The lowest BCUT2D eigenvalue weighted by molar-refractivity contribution is -0.0498. The lowest BCUT2D eigenvalue weighted by atomic mass is 10.1. The maximum atomic E-state index is 13.4. The molecule has 0 bridgehead atoms. The van der Waals surface area contributed by atoms with E-state index in [2.05, 4.69) is 9.72 Å². The maximum absolute atomic E-state index is 13.4. The number of aromatic nitrogens is 2. The largest absolute Gasteiger partial charge is 0.435 e. The predicted molar refractivity (Wildman–Crippen MR) is 99.2 cm³/mol. The van der Waals surface area contributed by atoms with Gasteiger partial charge in [0.15, 0.2) is 6.29 Å². The number of pyridine rings is 1. The summed E-state index contributed by atoms with van der Waals surface area (Å²) in [7, 11) is 0. The normalized spacial score (nSPS) is 16.4. The fraction of sp³-hybridized carbons (Fsp3) is 0.143. The van der Waals surface area contributed by atoms with E-state index in [4.69, 9.17) is 0 Å². The molecule has 142 valence electrons. The standard InChI is InChI=1S/C21H15F3N2O2/c22-14-4-6-16(7-5-14)26-11-19(18-10-25-15(12-27)9-20(18)26)13-2-1-3-17(8-13)28-21(23)24/h1-6,8-12,16,21H,7H2. The zero-order valence-electron chi connectivity index (χ0n) is 14.6. The number of carbonyl (C=O) groups excluding carboxylic acids is 1. The van der Waals surface area contributed by atoms with E-state index >= 15 is 0 Å². The van der Waals surface area contributed by atoms with Gasteiger partial charge in [-0.1, -0.05) is 18.2 Å². The summed E-state index contributed by atoms with van der Waals surface area (Å²) in [5.41, 5.74) is 2.44. The lowest BCUT2D eigenvalue weighted by Gasteiger charge is -2.17. The third-order valence-electron chi connectivity index (χ3n) is 4.62. The minimum absolute atomic E-state index is 0.0495. The van der Waals surface area contributed by atoms with E-state index in [1.165, 1.54) is 24.3 Å². The molecule has 28 heavy (non-hydrogen) atoms. The molecule has 0 radical (unpaired) electrons. The summed E-state index contributed by atoms with van der Waals surface area (Å²) in [6.45, 7) is -2.91. The Balaban J connectivity index is 1.85. The molecule has 7 heteroatoms. The van der Waals surface area contributed by atoms with E-state index in [0.717, 1.165) is 16.5 Å². The summed E-state index contributed by atoms with van der Waals surface area (Å²) in [5, 5.41) is 0.753. The van der Waals surface area contributed by atoms with Gasteiger partial charge < -0.3 is 9.30 Å². The van der Waals surface area contributed by atoms with Gasteiger partial charge in [-0.25, -0.2) is 4.39 Å². The number of benzene rings is 1. The molecule has 1 atom stereocenters. The maximum Gasteiger partial charge on any atom is 0.387 e. The minimum Gasteiger partial charge on any atom is -0.435 e. The molecule has 0 fully saturated rings. The number of halogens is 3. The van der Waals surface area contributed by atoms with Crippen molar-refractivity contribution in [2.45, 2.75) is 19.1 Å². The molecule has 3 aromatic rings. The van der Waals surface area contributed by atoms with Gasteiger partial charge in [-0.3, -0.25) is 9.78 Å². The van der Waals surface area contributed by atoms with Crippen molar-refractivity contribution in [2.75, 3.05) is 0 Å². The van der Waals surface area contributed by atoms with Crippen LogP contribution in [-0.2, 0) is 0 Å². The van der Waals surface area contributed by atoms with Gasteiger partial charge in [-0.05, 0) is 42.3 Å². The first-order valence-corrected chi connectivity index (χ1v) is 8.60. The van der Waals surface area contributed by atoms with Crippen molar-refractivity contribution in [2.24, 2.45) is 0 Å². The van der Waals surface area contributed by atoms with Crippen molar-refractivity contribution in [1.29, 1.82) is 0 Å². The van der Waals surface area contributed by atoms with Crippen LogP contribution in [-0.4, -0.2) is 22.4 Å². The quantitative estimate of drug-likeness (QED) is 0.548. The summed E-state index contributed by atoms with van der Waals surface area (Å²) >= 11 is 0. The van der Waals surface area contributed by atoms with E-state index < -0.39 is 6.61 Å². The van der Waals surface area contributed by atoms with Gasteiger partial charge >= 0.3 is 6.61 Å². The van der Waals surface area contributed by atoms with Crippen LogP contribution in [0.15, 0.2) is 66.8 Å². The van der Waals surface area contributed by atoms with E-state index in [1.54, 1.807) is 30.5 Å². The Morgan fingerprint density at radius 3 is 2.86 bits per heavy atom. The number of aldehydes is 1. The first-order valence-electron chi connectivity index (χ1n) is 8.60. The lowest BCUT2D eigenvalue weighted by Crippen LogP contribution is -2.06. The Hall–Kier alpha value is -3.35. The molecule has 0 amide bonds. The van der Waals surface area contributed by atoms with Gasteiger partial charge in [-0.15, -0.1) is 0 Å². The van der Waals surface area contributed by atoms with Crippen LogP contribution in [0.25, 0.3) is 22.0 Å². The molecule has 0 saturated carbocycles. The molecule has 1 aliphatic carbocycles. The number of carbonyl (C=O) groups is 1. The third-order valence-corrected chi connectivity index (χ3v) is 4.62. The Kier molecular flexibility index (Phi) is 4.73. The molecule has 1 unspecified atom stereocenters. The number of alkyl halides is 2. The molecule has 1 aliphatic rings. The van der Waals surface area contributed by atoms with Crippen LogP contribution in [0.5, 0.6) is 5.75 Å². The SMILES string of the molecule is O=Cc1cc2c(cn1)c(-c1cccc(OC(F)F)c1)cn2C1C=CC(F)=CC1. The Morgan fingerprint density at radius 1 is 1.29 bits per heavy atom. The van der Waals surface area contributed by atoms with Crippen LogP contribution in [0, 0.1) is 0 Å². The van der Waals surface area contributed by atoms with Crippen molar-refractivity contribution in [3.05, 3.63) is 72.5 Å². The van der Waals surface area contributed by atoms with Gasteiger partial charge in [0.1, 0.15) is 17.3 Å². The highest BCUT2D eigenvalue weighted by Crippen LogP contribution is 2.36. The number of allylic oxidation sites excluding steroid dienone is 4. The summed E-state index contributed by atoms with van der Waals surface area (Å²) in [6.07, 6.45) is 9.19. The Morgan fingerprint density at radius 2 is 2.14 bits per heavy atom. The van der Waals surface area contributed by atoms with E-state index in [0.29, 0.717) is 18.3 Å².